The number of benzene rings is 9. The third-order valence-electron chi connectivity index (χ3n) is 12.5. The van der Waals surface area contributed by atoms with Crippen LogP contribution < -0.4 is 0 Å². The van der Waals surface area contributed by atoms with Crippen molar-refractivity contribution in [1.29, 1.82) is 0 Å². The lowest BCUT2D eigenvalue weighted by Crippen LogP contribution is -2.02. The van der Waals surface area contributed by atoms with E-state index in [1.165, 1.54) is 0 Å². The van der Waals surface area contributed by atoms with Crippen molar-refractivity contribution in [3.05, 3.63) is 249 Å². The van der Waals surface area contributed by atoms with Crippen molar-refractivity contribution < 1.29 is 0 Å². The Hall–Kier alpha value is -9.06. The lowest BCUT2D eigenvalue weighted by molar-refractivity contribution is 0.981. The highest BCUT2D eigenvalue weighted by Gasteiger charge is 2.25. The van der Waals surface area contributed by atoms with Crippen LogP contribution in [0.25, 0.3) is 117 Å². The summed E-state index contributed by atoms with van der Waals surface area (Å²) in [5.41, 5.74) is 16.7. The Bertz CT molecular complexity index is 3580. The molecule has 0 unspecified atom stereocenters. The first kappa shape index (κ1) is 39.5. The number of fused-ring (bicyclic) bond motifs is 3. The maximum absolute atomic E-state index is 5.58. The Morgan fingerprint density at radius 2 is 0.627 bits per heavy atom. The van der Waals surface area contributed by atoms with Gasteiger partial charge in [0, 0.05) is 44.3 Å². The first-order valence-electron chi connectivity index (χ1n) is 22.6. The summed E-state index contributed by atoms with van der Waals surface area (Å²) >= 11 is 0. The van der Waals surface area contributed by atoms with E-state index in [-0.39, 0.29) is 0 Å². The average Bonchev–Trinajstić information content (AvgIpc) is 3.83. The molecule has 0 bridgehead atoms. The van der Waals surface area contributed by atoms with Gasteiger partial charge in [-0.2, -0.15) is 5.10 Å². The predicted molar refractivity (Wildman–Crippen MR) is 275 cm³/mol. The molecule has 0 saturated heterocycles. The number of rotatable bonds is 9. The topological polar surface area (TPSA) is 56.0 Å². The normalized spacial score (nSPS) is 11.3. The highest BCUT2D eigenvalue weighted by molar-refractivity contribution is 6.15. The van der Waals surface area contributed by atoms with E-state index in [2.05, 4.69) is 241 Å². The molecule has 5 nitrogen and oxygen atoms in total. The van der Waals surface area contributed by atoms with E-state index in [1.54, 1.807) is 0 Å². The minimum absolute atomic E-state index is 0.588. The first-order chi connectivity index (χ1) is 33.2. The minimum Gasteiger partial charge on any atom is -0.231 e. The molecule has 0 fully saturated rings. The smallest absolute Gasteiger partial charge is 0.164 e. The van der Waals surface area contributed by atoms with E-state index in [0.29, 0.717) is 17.5 Å². The van der Waals surface area contributed by atoms with Crippen LogP contribution in [0.15, 0.2) is 249 Å². The maximum Gasteiger partial charge on any atom is 0.164 e. The number of nitrogens with zero attached hydrogens (tertiary/aromatic N) is 5. The monoisotopic (exact) mass is 855 g/mol. The van der Waals surface area contributed by atoms with E-state index in [0.717, 1.165) is 100 Å². The summed E-state index contributed by atoms with van der Waals surface area (Å²) < 4.78 is 2.18. The van der Waals surface area contributed by atoms with Crippen molar-refractivity contribution >= 4 is 16.3 Å². The molecule has 0 spiro atoms. The van der Waals surface area contributed by atoms with Gasteiger partial charge in [0.25, 0.3) is 0 Å². The zero-order chi connectivity index (χ0) is 44.5. The van der Waals surface area contributed by atoms with Crippen LogP contribution in [0, 0.1) is 0 Å². The molecule has 0 aliphatic carbocycles. The van der Waals surface area contributed by atoms with Gasteiger partial charge in [-0.1, -0.05) is 243 Å². The van der Waals surface area contributed by atoms with Gasteiger partial charge in [0.15, 0.2) is 17.5 Å². The summed E-state index contributed by atoms with van der Waals surface area (Å²) in [7, 11) is 0. The van der Waals surface area contributed by atoms with E-state index in [4.69, 9.17) is 20.1 Å². The van der Waals surface area contributed by atoms with Gasteiger partial charge < -0.3 is 0 Å². The second-order valence-electron chi connectivity index (χ2n) is 16.6. The number of hydrogen-bond acceptors (Lipinski definition) is 4. The average molecular weight is 856 g/mol. The van der Waals surface area contributed by atoms with Crippen molar-refractivity contribution in [2.75, 3.05) is 0 Å². The summed E-state index contributed by atoms with van der Waals surface area (Å²) in [6.07, 6.45) is 0. The molecule has 67 heavy (non-hydrogen) atoms. The van der Waals surface area contributed by atoms with Gasteiger partial charge in [-0.15, -0.1) is 0 Å². The molecular weight excluding hydrogens is 815 g/mol. The van der Waals surface area contributed by atoms with Crippen molar-refractivity contribution in [3.8, 4) is 101 Å². The fourth-order valence-corrected chi connectivity index (χ4v) is 9.26. The van der Waals surface area contributed by atoms with E-state index in [1.807, 2.05) is 12.1 Å². The third-order valence-corrected chi connectivity index (χ3v) is 12.5. The van der Waals surface area contributed by atoms with Gasteiger partial charge >= 0.3 is 0 Å². The van der Waals surface area contributed by atoms with Gasteiger partial charge in [-0.05, 0) is 44.8 Å². The second kappa shape index (κ2) is 17.1. The van der Waals surface area contributed by atoms with Gasteiger partial charge in [0.05, 0.1) is 11.2 Å². The zero-order valence-corrected chi connectivity index (χ0v) is 36.4. The number of aromatic nitrogens is 5. The Kier molecular flexibility index (Phi) is 10.1. The molecule has 0 atom stereocenters. The van der Waals surface area contributed by atoms with Crippen LogP contribution in [0.3, 0.4) is 0 Å². The first-order valence-corrected chi connectivity index (χ1v) is 22.6. The maximum atomic E-state index is 5.58. The molecule has 314 valence electrons. The Balaban J connectivity index is 1.07. The van der Waals surface area contributed by atoms with Gasteiger partial charge in [-0.25, -0.2) is 19.5 Å². The highest BCUT2D eigenvalue weighted by atomic mass is 15.2. The summed E-state index contributed by atoms with van der Waals surface area (Å²) in [5, 5.41) is 7.81. The Morgan fingerprint density at radius 3 is 1.15 bits per heavy atom. The second-order valence-corrected chi connectivity index (χ2v) is 16.6. The molecule has 0 N–H and O–H groups in total. The van der Waals surface area contributed by atoms with Crippen LogP contribution in [0.5, 0.6) is 0 Å². The van der Waals surface area contributed by atoms with E-state index >= 15 is 0 Å². The van der Waals surface area contributed by atoms with Crippen LogP contribution >= 0.6 is 0 Å². The lowest BCUT2D eigenvalue weighted by Gasteiger charge is -2.18. The lowest BCUT2D eigenvalue weighted by atomic mass is 9.90. The van der Waals surface area contributed by atoms with Crippen LogP contribution in [0.4, 0.5) is 0 Å². The van der Waals surface area contributed by atoms with Crippen LogP contribution in [-0.2, 0) is 0 Å². The van der Waals surface area contributed by atoms with Crippen molar-refractivity contribution in [2.45, 2.75) is 0 Å². The molecule has 0 aliphatic rings. The summed E-state index contributed by atoms with van der Waals surface area (Å²) in [6.45, 7) is 0. The molecule has 12 rings (SSSR count). The molecule has 0 saturated carbocycles. The summed E-state index contributed by atoms with van der Waals surface area (Å²) in [5.74, 6) is 1.80. The van der Waals surface area contributed by atoms with Gasteiger partial charge in [0.1, 0.15) is 5.69 Å². The molecule has 0 aliphatic heterocycles. The molecule has 0 radical (unpaired) electrons. The van der Waals surface area contributed by atoms with Crippen molar-refractivity contribution in [3.63, 3.8) is 0 Å². The van der Waals surface area contributed by atoms with Crippen LogP contribution in [-0.4, -0.2) is 24.6 Å². The standard InChI is InChI=1S/C62H41N5/c1-6-19-42(20-7-1)44-33-37-49(38-34-44)60-63-61(50-39-35-45(36-40-50)43-21-8-2-9-22-43)65-62(64-60)52-30-18-29-51(41-52)55-53-31-16-17-32-54(53)59-56(46-23-10-3-11-24-46)57(47-25-12-4-13-26-47)66-67(59)58(55)48-27-14-5-15-28-48/h1-41H. The Morgan fingerprint density at radius 1 is 0.254 bits per heavy atom. The summed E-state index contributed by atoms with van der Waals surface area (Å²) in [4.78, 5) is 15.6. The molecule has 5 heteroatoms. The highest BCUT2D eigenvalue weighted by Crippen LogP contribution is 2.46. The number of pyridine rings is 1. The molecule has 12 aromatic rings. The molecule has 3 aromatic heterocycles. The van der Waals surface area contributed by atoms with Crippen molar-refractivity contribution in [2.24, 2.45) is 0 Å². The molecule has 3 heterocycles. The summed E-state index contributed by atoms with van der Waals surface area (Å²) in [6, 6.07) is 86.9. The molecule has 0 amide bonds. The Labute approximate surface area is 389 Å². The minimum atomic E-state index is 0.588. The van der Waals surface area contributed by atoms with Gasteiger partial charge in [0.2, 0.25) is 0 Å². The molecule has 9 aromatic carbocycles. The fourth-order valence-electron chi connectivity index (χ4n) is 9.26. The quantitative estimate of drug-likeness (QED) is 0.145. The molecular formula is C62H41N5. The van der Waals surface area contributed by atoms with Gasteiger partial charge in [-0.3, -0.25) is 0 Å². The van der Waals surface area contributed by atoms with E-state index < -0.39 is 0 Å². The largest absolute Gasteiger partial charge is 0.231 e. The van der Waals surface area contributed by atoms with Crippen LogP contribution in [0.1, 0.15) is 0 Å². The zero-order valence-electron chi connectivity index (χ0n) is 36.4. The van der Waals surface area contributed by atoms with Crippen LogP contribution in [0.2, 0.25) is 0 Å². The van der Waals surface area contributed by atoms with E-state index in [9.17, 15) is 0 Å². The predicted octanol–water partition coefficient (Wildman–Crippen LogP) is 15.7. The third kappa shape index (κ3) is 7.44. The SMILES string of the molecule is c1ccc(-c2ccc(-c3nc(-c4ccc(-c5ccccc5)cc4)nc(-c4cccc(-c5c(-c6ccccc6)n6nc(-c7ccccc7)c(-c7ccccc7)c6c6ccccc56)c4)n3)cc2)cc1. The fraction of sp³-hybridized carbons (Fsp3) is 0. The number of hydrogen-bond donors (Lipinski definition) is 0. The van der Waals surface area contributed by atoms with Crippen molar-refractivity contribution in [1.82, 2.24) is 24.6 Å².